The maximum Gasteiger partial charge on any atom is 0.160 e. The molecule has 1 unspecified atom stereocenters. The first kappa shape index (κ1) is 11.3. The Labute approximate surface area is 94.3 Å². The summed E-state index contributed by atoms with van der Waals surface area (Å²) < 4.78 is 26.4. The van der Waals surface area contributed by atoms with E-state index < -0.39 is 11.6 Å². The molecular weight excluding hydrogens is 210 g/mol. The van der Waals surface area contributed by atoms with Crippen LogP contribution in [0.2, 0.25) is 0 Å². The number of rotatable bonds is 2. The van der Waals surface area contributed by atoms with E-state index in [4.69, 9.17) is 0 Å². The van der Waals surface area contributed by atoms with E-state index in [0.717, 1.165) is 30.6 Å². The molecule has 1 fully saturated rings. The van der Waals surface area contributed by atoms with Crippen LogP contribution in [0.5, 0.6) is 0 Å². The summed E-state index contributed by atoms with van der Waals surface area (Å²) >= 11 is 0. The van der Waals surface area contributed by atoms with Crippen LogP contribution < -0.4 is 10.2 Å². The summed E-state index contributed by atoms with van der Waals surface area (Å²) in [6.45, 7) is 0.941. The number of nitrogens with zero attached hydrogens (tertiary/aromatic N) is 1. The van der Waals surface area contributed by atoms with Crippen molar-refractivity contribution in [1.82, 2.24) is 5.32 Å². The molecule has 0 aromatic heterocycles. The van der Waals surface area contributed by atoms with Crippen molar-refractivity contribution in [3.05, 3.63) is 29.3 Å². The zero-order valence-electron chi connectivity index (χ0n) is 9.56. The second kappa shape index (κ2) is 4.37. The molecule has 0 spiro atoms. The van der Waals surface area contributed by atoms with E-state index in [2.05, 4.69) is 5.32 Å². The van der Waals surface area contributed by atoms with Crippen LogP contribution in [0, 0.1) is 11.6 Å². The molecule has 1 atom stereocenters. The largest absolute Gasteiger partial charge is 0.377 e. The van der Waals surface area contributed by atoms with E-state index in [-0.39, 0.29) is 6.04 Å². The van der Waals surface area contributed by atoms with E-state index in [1.807, 2.05) is 19.0 Å². The molecule has 1 aliphatic rings. The van der Waals surface area contributed by atoms with Crippen LogP contribution in [0.3, 0.4) is 0 Å². The third kappa shape index (κ3) is 2.02. The topological polar surface area (TPSA) is 15.3 Å². The molecule has 0 radical (unpaired) electrons. The van der Waals surface area contributed by atoms with Gasteiger partial charge < -0.3 is 10.2 Å². The van der Waals surface area contributed by atoms with Gasteiger partial charge in [0.25, 0.3) is 0 Å². The van der Waals surface area contributed by atoms with E-state index >= 15 is 0 Å². The van der Waals surface area contributed by atoms with Crippen molar-refractivity contribution in [1.29, 1.82) is 0 Å². The van der Waals surface area contributed by atoms with Crippen molar-refractivity contribution >= 4 is 5.69 Å². The Morgan fingerprint density at radius 2 is 1.94 bits per heavy atom. The Morgan fingerprint density at radius 3 is 2.50 bits per heavy atom. The molecule has 2 rings (SSSR count). The van der Waals surface area contributed by atoms with Crippen LogP contribution in [0.25, 0.3) is 0 Å². The summed E-state index contributed by atoms with van der Waals surface area (Å²) in [6, 6.07) is 2.73. The van der Waals surface area contributed by atoms with Crippen molar-refractivity contribution in [2.45, 2.75) is 18.9 Å². The first-order valence-corrected chi connectivity index (χ1v) is 5.49. The van der Waals surface area contributed by atoms with Gasteiger partial charge in [-0.25, -0.2) is 8.78 Å². The molecule has 16 heavy (non-hydrogen) atoms. The molecule has 0 amide bonds. The number of hydrogen-bond donors (Lipinski definition) is 1. The fraction of sp³-hybridized carbons (Fsp3) is 0.500. The summed E-state index contributed by atoms with van der Waals surface area (Å²) in [7, 11) is 3.68. The number of hydrogen-bond acceptors (Lipinski definition) is 2. The molecule has 1 N–H and O–H groups in total. The molecule has 1 aromatic carbocycles. The second-order valence-electron chi connectivity index (χ2n) is 4.37. The Morgan fingerprint density at radius 1 is 1.25 bits per heavy atom. The van der Waals surface area contributed by atoms with Gasteiger partial charge in [-0.2, -0.15) is 0 Å². The van der Waals surface area contributed by atoms with Crippen LogP contribution in [-0.4, -0.2) is 20.6 Å². The maximum atomic E-state index is 13.3. The summed E-state index contributed by atoms with van der Waals surface area (Å²) in [5.41, 5.74) is 1.60. The zero-order valence-corrected chi connectivity index (χ0v) is 9.56. The van der Waals surface area contributed by atoms with E-state index in [0.29, 0.717) is 0 Å². The average Bonchev–Trinajstić information content (AvgIpc) is 2.74. The highest BCUT2D eigenvalue weighted by atomic mass is 19.2. The van der Waals surface area contributed by atoms with Gasteiger partial charge >= 0.3 is 0 Å². The molecule has 1 heterocycles. The smallest absolute Gasteiger partial charge is 0.160 e. The van der Waals surface area contributed by atoms with Crippen LogP contribution in [0.4, 0.5) is 14.5 Å². The van der Waals surface area contributed by atoms with Gasteiger partial charge in [-0.05, 0) is 31.0 Å². The molecule has 1 saturated heterocycles. The normalized spacial score (nSPS) is 20.1. The number of anilines is 1. The highest BCUT2D eigenvalue weighted by Crippen LogP contribution is 2.32. The molecule has 1 aromatic rings. The Bertz CT molecular complexity index is 385. The van der Waals surface area contributed by atoms with E-state index in [1.165, 1.54) is 12.1 Å². The van der Waals surface area contributed by atoms with Crippen molar-refractivity contribution in [3.63, 3.8) is 0 Å². The zero-order chi connectivity index (χ0) is 11.7. The van der Waals surface area contributed by atoms with E-state index in [9.17, 15) is 8.78 Å². The minimum atomic E-state index is -0.787. The number of nitrogens with one attached hydrogen (secondary N) is 1. The lowest BCUT2D eigenvalue weighted by molar-refractivity contribution is 0.503. The maximum absolute atomic E-state index is 13.3. The molecular formula is C12H16F2N2. The summed E-state index contributed by atoms with van der Waals surface area (Å²) in [4.78, 5) is 1.82. The SMILES string of the molecule is CN(C)c1cc(F)c(F)cc1C1CCCN1. The minimum absolute atomic E-state index is 0.146. The molecule has 1 aliphatic heterocycles. The van der Waals surface area contributed by atoms with Gasteiger partial charge in [0.15, 0.2) is 11.6 Å². The van der Waals surface area contributed by atoms with Gasteiger partial charge in [0.1, 0.15) is 0 Å². The minimum Gasteiger partial charge on any atom is -0.377 e. The Kier molecular flexibility index (Phi) is 3.10. The fourth-order valence-electron chi connectivity index (χ4n) is 2.17. The Balaban J connectivity index is 2.44. The molecule has 88 valence electrons. The van der Waals surface area contributed by atoms with E-state index in [1.54, 1.807) is 0 Å². The van der Waals surface area contributed by atoms with Crippen LogP contribution >= 0.6 is 0 Å². The summed E-state index contributed by atoms with van der Waals surface area (Å²) in [5.74, 6) is -1.56. The van der Waals surface area contributed by atoms with Crippen molar-refractivity contribution in [3.8, 4) is 0 Å². The van der Waals surface area contributed by atoms with Gasteiger partial charge in [0.2, 0.25) is 0 Å². The standard InChI is InChI=1S/C12H16F2N2/c1-16(2)12-7-10(14)9(13)6-8(12)11-4-3-5-15-11/h6-7,11,15H,3-5H2,1-2H3. The molecule has 0 bridgehead atoms. The predicted molar refractivity (Wildman–Crippen MR) is 60.7 cm³/mol. The van der Waals surface area contributed by atoms with Gasteiger partial charge in [-0.15, -0.1) is 0 Å². The van der Waals surface area contributed by atoms with Gasteiger partial charge in [-0.1, -0.05) is 0 Å². The average molecular weight is 226 g/mol. The van der Waals surface area contributed by atoms with Crippen LogP contribution in [-0.2, 0) is 0 Å². The predicted octanol–water partition coefficient (Wildman–Crippen LogP) is 2.46. The van der Waals surface area contributed by atoms with Crippen molar-refractivity contribution in [2.75, 3.05) is 25.5 Å². The summed E-state index contributed by atoms with van der Waals surface area (Å²) in [5, 5.41) is 3.30. The monoisotopic (exact) mass is 226 g/mol. The molecule has 2 nitrogen and oxygen atoms in total. The first-order valence-electron chi connectivity index (χ1n) is 5.49. The van der Waals surface area contributed by atoms with Crippen molar-refractivity contribution < 1.29 is 8.78 Å². The molecule has 4 heteroatoms. The van der Waals surface area contributed by atoms with Gasteiger partial charge in [0, 0.05) is 31.9 Å². The van der Waals surface area contributed by atoms with Crippen molar-refractivity contribution in [2.24, 2.45) is 0 Å². The summed E-state index contributed by atoms with van der Waals surface area (Å²) in [6.07, 6.45) is 2.06. The third-order valence-electron chi connectivity index (χ3n) is 2.99. The third-order valence-corrected chi connectivity index (χ3v) is 2.99. The molecule has 0 saturated carbocycles. The highest BCUT2D eigenvalue weighted by molar-refractivity contribution is 5.54. The van der Waals surface area contributed by atoms with Gasteiger partial charge in [-0.3, -0.25) is 0 Å². The highest BCUT2D eigenvalue weighted by Gasteiger charge is 2.22. The Hall–Kier alpha value is -1.16. The first-order chi connectivity index (χ1) is 7.59. The second-order valence-corrected chi connectivity index (χ2v) is 4.37. The van der Waals surface area contributed by atoms with Crippen LogP contribution in [0.1, 0.15) is 24.4 Å². The lowest BCUT2D eigenvalue weighted by atomic mass is 10.0. The van der Waals surface area contributed by atoms with Gasteiger partial charge in [0.05, 0.1) is 0 Å². The fourth-order valence-corrected chi connectivity index (χ4v) is 2.17. The molecule has 0 aliphatic carbocycles. The quantitative estimate of drug-likeness (QED) is 0.833. The number of halogens is 2. The van der Waals surface area contributed by atoms with Crippen LogP contribution in [0.15, 0.2) is 12.1 Å². The number of benzene rings is 1. The lowest BCUT2D eigenvalue weighted by Gasteiger charge is -2.21. The lowest BCUT2D eigenvalue weighted by Crippen LogP contribution is -2.19.